The molecule has 0 atom stereocenters. The molecule has 5 rings (SSSR count). The molecule has 2 nitrogen and oxygen atoms in total. The van der Waals surface area contributed by atoms with Gasteiger partial charge in [0.2, 0.25) is 0 Å². The molecule has 0 bridgehead atoms. The molecule has 0 spiro atoms. The van der Waals surface area contributed by atoms with Gasteiger partial charge in [0.25, 0.3) is 0 Å². The third kappa shape index (κ3) is 1.94. The first-order valence-electron chi connectivity index (χ1n) is 7.51. The van der Waals surface area contributed by atoms with Gasteiger partial charge in [-0.3, -0.25) is 9.97 Å². The van der Waals surface area contributed by atoms with Gasteiger partial charge < -0.3 is 0 Å². The highest BCUT2D eigenvalue weighted by atomic mass is 32.1. The minimum absolute atomic E-state index is 0.977. The quantitative estimate of drug-likeness (QED) is 0.399. The summed E-state index contributed by atoms with van der Waals surface area (Å²) in [6.07, 6.45) is 3.82. The van der Waals surface area contributed by atoms with Crippen molar-refractivity contribution in [1.29, 1.82) is 0 Å². The van der Waals surface area contributed by atoms with Crippen LogP contribution in [0.25, 0.3) is 42.3 Å². The highest BCUT2D eigenvalue weighted by Gasteiger charge is 2.10. The SMILES string of the molecule is c1cnc2c(-c3cc4c(cn3)sc3ccccc34)cccc2c1. The molecule has 0 saturated carbocycles. The number of fused-ring (bicyclic) bond motifs is 4. The lowest BCUT2D eigenvalue weighted by atomic mass is 10.0. The molecule has 0 radical (unpaired) electrons. The second-order valence-corrected chi connectivity index (χ2v) is 6.63. The molecule has 0 fully saturated rings. The Bertz CT molecular complexity index is 1170. The van der Waals surface area contributed by atoms with Gasteiger partial charge in [0, 0.05) is 38.8 Å². The first kappa shape index (κ1) is 12.7. The third-order valence-corrected chi connectivity index (χ3v) is 5.29. The predicted octanol–water partition coefficient (Wildman–Crippen LogP) is 5.66. The van der Waals surface area contributed by atoms with Gasteiger partial charge in [-0.25, -0.2) is 0 Å². The van der Waals surface area contributed by atoms with E-state index in [1.165, 1.54) is 20.2 Å². The summed E-state index contributed by atoms with van der Waals surface area (Å²) in [5.74, 6) is 0. The van der Waals surface area contributed by atoms with E-state index in [1.807, 2.05) is 18.5 Å². The summed E-state index contributed by atoms with van der Waals surface area (Å²) in [4.78, 5) is 9.24. The Hall–Kier alpha value is -2.78. The van der Waals surface area contributed by atoms with Crippen LogP contribution in [0.2, 0.25) is 0 Å². The molecule has 0 N–H and O–H groups in total. The highest BCUT2D eigenvalue weighted by Crippen LogP contribution is 2.36. The predicted molar refractivity (Wildman–Crippen MR) is 97.9 cm³/mol. The molecule has 0 saturated heterocycles. The second-order valence-electron chi connectivity index (χ2n) is 5.54. The van der Waals surface area contributed by atoms with Gasteiger partial charge in [-0.2, -0.15) is 0 Å². The highest BCUT2D eigenvalue weighted by molar-refractivity contribution is 7.25. The number of aromatic nitrogens is 2. The summed E-state index contributed by atoms with van der Waals surface area (Å²) in [5, 5.41) is 3.70. The fourth-order valence-corrected chi connectivity index (χ4v) is 4.15. The van der Waals surface area contributed by atoms with Crippen molar-refractivity contribution >= 4 is 42.4 Å². The van der Waals surface area contributed by atoms with Gasteiger partial charge in [-0.1, -0.05) is 42.5 Å². The van der Waals surface area contributed by atoms with Gasteiger partial charge >= 0.3 is 0 Å². The molecule has 108 valence electrons. The van der Waals surface area contributed by atoms with E-state index in [0.29, 0.717) is 0 Å². The van der Waals surface area contributed by atoms with Crippen LogP contribution in [0.15, 0.2) is 73.1 Å². The molecule has 2 aromatic carbocycles. The van der Waals surface area contributed by atoms with E-state index < -0.39 is 0 Å². The van der Waals surface area contributed by atoms with E-state index >= 15 is 0 Å². The Morgan fingerprint density at radius 2 is 1.65 bits per heavy atom. The lowest BCUT2D eigenvalue weighted by Crippen LogP contribution is -1.87. The number of nitrogens with zero attached hydrogens (tertiary/aromatic N) is 2. The number of thiophene rings is 1. The lowest BCUT2D eigenvalue weighted by molar-refractivity contribution is 1.35. The topological polar surface area (TPSA) is 25.8 Å². The van der Waals surface area contributed by atoms with E-state index in [9.17, 15) is 0 Å². The second kappa shape index (κ2) is 4.86. The van der Waals surface area contributed by atoms with Crippen molar-refractivity contribution < 1.29 is 0 Å². The molecule has 0 aliphatic rings. The largest absolute Gasteiger partial charge is 0.256 e. The summed E-state index contributed by atoms with van der Waals surface area (Å²) < 4.78 is 2.53. The molecule has 3 heterocycles. The maximum absolute atomic E-state index is 4.69. The van der Waals surface area contributed by atoms with E-state index in [-0.39, 0.29) is 0 Å². The first-order chi connectivity index (χ1) is 11.4. The Balaban J connectivity index is 1.84. The van der Waals surface area contributed by atoms with Crippen LogP contribution in [0, 0.1) is 0 Å². The van der Waals surface area contributed by atoms with Crippen molar-refractivity contribution in [2.75, 3.05) is 0 Å². The Labute approximate surface area is 137 Å². The van der Waals surface area contributed by atoms with E-state index in [1.54, 1.807) is 11.3 Å². The average molecular weight is 312 g/mol. The van der Waals surface area contributed by atoms with Crippen LogP contribution in [-0.4, -0.2) is 9.97 Å². The minimum atomic E-state index is 0.977. The van der Waals surface area contributed by atoms with Gasteiger partial charge in [0.15, 0.2) is 0 Å². The van der Waals surface area contributed by atoms with Crippen molar-refractivity contribution in [3.05, 3.63) is 73.1 Å². The molecule has 3 heteroatoms. The van der Waals surface area contributed by atoms with Gasteiger partial charge in [0.1, 0.15) is 0 Å². The van der Waals surface area contributed by atoms with Gasteiger partial charge in [-0.05, 0) is 18.2 Å². The van der Waals surface area contributed by atoms with Gasteiger partial charge in [0.05, 0.1) is 15.9 Å². The summed E-state index contributed by atoms with van der Waals surface area (Å²) in [7, 11) is 0. The van der Waals surface area contributed by atoms with Crippen molar-refractivity contribution in [1.82, 2.24) is 9.97 Å². The lowest BCUT2D eigenvalue weighted by Gasteiger charge is -2.05. The zero-order valence-corrected chi connectivity index (χ0v) is 13.0. The number of hydrogen-bond acceptors (Lipinski definition) is 3. The molecule has 5 aromatic rings. The molecule has 23 heavy (non-hydrogen) atoms. The van der Waals surface area contributed by atoms with E-state index in [0.717, 1.165) is 22.2 Å². The average Bonchev–Trinajstić information content (AvgIpc) is 2.99. The fourth-order valence-electron chi connectivity index (χ4n) is 3.09. The summed E-state index contributed by atoms with van der Waals surface area (Å²) in [6.45, 7) is 0. The molecule has 0 aliphatic carbocycles. The zero-order valence-electron chi connectivity index (χ0n) is 12.2. The molecule has 0 unspecified atom stereocenters. The van der Waals surface area contributed by atoms with Crippen molar-refractivity contribution in [3.8, 4) is 11.3 Å². The fraction of sp³-hybridized carbons (Fsp3) is 0. The standard InChI is InChI=1S/C20H12N2S/c1-2-9-18-14(7-1)16-11-17(22-12-19(16)23-18)15-8-3-5-13-6-4-10-21-20(13)15/h1-12H. The molecule has 3 aromatic heterocycles. The zero-order chi connectivity index (χ0) is 15.2. The first-order valence-corrected chi connectivity index (χ1v) is 8.33. The van der Waals surface area contributed by atoms with Crippen molar-refractivity contribution in [3.63, 3.8) is 0 Å². The molecular formula is C20H12N2S. The monoisotopic (exact) mass is 312 g/mol. The summed E-state index contributed by atoms with van der Waals surface area (Å²) in [6, 6.07) is 21.0. The Morgan fingerprint density at radius 3 is 2.65 bits per heavy atom. The number of para-hydroxylation sites is 1. The van der Waals surface area contributed by atoms with Crippen molar-refractivity contribution in [2.45, 2.75) is 0 Å². The van der Waals surface area contributed by atoms with Crippen LogP contribution in [0.4, 0.5) is 0 Å². The summed E-state index contributed by atoms with van der Waals surface area (Å²) >= 11 is 1.79. The Morgan fingerprint density at radius 1 is 0.739 bits per heavy atom. The van der Waals surface area contributed by atoms with E-state index in [4.69, 9.17) is 4.98 Å². The molecule has 0 aliphatic heterocycles. The van der Waals surface area contributed by atoms with Crippen LogP contribution in [-0.2, 0) is 0 Å². The Kier molecular flexibility index (Phi) is 2.69. The molecule has 0 amide bonds. The van der Waals surface area contributed by atoms with Gasteiger partial charge in [-0.15, -0.1) is 11.3 Å². The van der Waals surface area contributed by atoms with Crippen LogP contribution in [0.5, 0.6) is 0 Å². The maximum atomic E-state index is 4.69. The molecular weight excluding hydrogens is 300 g/mol. The normalized spacial score (nSPS) is 11.5. The van der Waals surface area contributed by atoms with Crippen LogP contribution in [0.3, 0.4) is 0 Å². The van der Waals surface area contributed by atoms with Crippen molar-refractivity contribution in [2.24, 2.45) is 0 Å². The summed E-state index contributed by atoms with van der Waals surface area (Å²) in [5.41, 5.74) is 3.06. The number of hydrogen-bond donors (Lipinski definition) is 0. The third-order valence-electron chi connectivity index (χ3n) is 4.17. The number of pyridine rings is 2. The minimum Gasteiger partial charge on any atom is -0.256 e. The number of benzene rings is 2. The van der Waals surface area contributed by atoms with Crippen LogP contribution < -0.4 is 0 Å². The smallest absolute Gasteiger partial charge is 0.0795 e. The van der Waals surface area contributed by atoms with E-state index in [2.05, 4.69) is 59.6 Å². The van der Waals surface area contributed by atoms with Crippen LogP contribution in [0.1, 0.15) is 0 Å². The van der Waals surface area contributed by atoms with Crippen LogP contribution >= 0.6 is 11.3 Å². The maximum Gasteiger partial charge on any atom is 0.0795 e. The number of rotatable bonds is 1.